The Kier molecular flexibility index (Phi) is 5.52. The fraction of sp³-hybridized carbons (Fsp3) is 0.600. The van der Waals surface area contributed by atoms with Gasteiger partial charge in [-0.15, -0.1) is 0 Å². The van der Waals surface area contributed by atoms with Crippen LogP contribution in [0.15, 0.2) is 12.1 Å². The first kappa shape index (κ1) is 15.4. The van der Waals surface area contributed by atoms with Crippen molar-refractivity contribution in [2.45, 2.75) is 25.9 Å². The minimum absolute atomic E-state index is 0.416. The second-order valence-corrected chi connectivity index (χ2v) is 5.91. The van der Waals surface area contributed by atoms with Crippen LogP contribution in [0.2, 0.25) is 5.02 Å². The summed E-state index contributed by atoms with van der Waals surface area (Å²) >= 11 is 6.28. The monoisotopic (exact) mass is 298 g/mol. The number of nitrogens with zero attached hydrogens (tertiary/aromatic N) is 1. The van der Waals surface area contributed by atoms with Crippen molar-refractivity contribution in [1.29, 1.82) is 0 Å². The van der Waals surface area contributed by atoms with E-state index in [-0.39, 0.29) is 0 Å². The third kappa shape index (κ3) is 4.27. The molecule has 5 heteroatoms. The van der Waals surface area contributed by atoms with Crippen LogP contribution in [0.1, 0.15) is 18.9 Å². The number of rotatable bonds is 5. The Morgan fingerprint density at radius 2 is 2.05 bits per heavy atom. The number of ether oxygens (including phenoxy) is 2. The molecular weight excluding hydrogens is 276 g/mol. The lowest BCUT2D eigenvalue weighted by atomic mass is 10.2. The quantitative estimate of drug-likeness (QED) is 0.906. The molecule has 1 aromatic carbocycles. The molecule has 0 aliphatic carbocycles. The van der Waals surface area contributed by atoms with Crippen LogP contribution in [0.5, 0.6) is 11.5 Å². The van der Waals surface area contributed by atoms with Gasteiger partial charge in [-0.05, 0) is 38.7 Å². The molecule has 1 N–H and O–H groups in total. The molecule has 0 bridgehead atoms. The summed E-state index contributed by atoms with van der Waals surface area (Å²) in [7, 11) is 4.14. The molecule has 112 valence electrons. The van der Waals surface area contributed by atoms with Gasteiger partial charge in [0.25, 0.3) is 0 Å². The summed E-state index contributed by atoms with van der Waals surface area (Å²) in [5, 5.41) is 4.11. The van der Waals surface area contributed by atoms with E-state index in [0.29, 0.717) is 30.0 Å². The van der Waals surface area contributed by atoms with Gasteiger partial charge in [0, 0.05) is 25.6 Å². The van der Waals surface area contributed by atoms with Crippen molar-refractivity contribution in [2.75, 3.05) is 33.9 Å². The van der Waals surface area contributed by atoms with Crippen molar-refractivity contribution in [3.8, 4) is 11.5 Å². The normalized spacial score (nSPS) is 16.1. The Balaban J connectivity index is 2.02. The highest BCUT2D eigenvalue weighted by Gasteiger charge is 2.15. The topological polar surface area (TPSA) is 33.7 Å². The molecule has 1 aliphatic rings. The van der Waals surface area contributed by atoms with E-state index in [1.807, 2.05) is 12.1 Å². The highest BCUT2D eigenvalue weighted by atomic mass is 35.5. The van der Waals surface area contributed by atoms with Crippen LogP contribution in [0.4, 0.5) is 0 Å². The number of likely N-dealkylation sites (N-methyl/N-ethyl adjacent to an activating group) is 1. The largest absolute Gasteiger partial charge is 0.489 e. The van der Waals surface area contributed by atoms with E-state index >= 15 is 0 Å². The van der Waals surface area contributed by atoms with Crippen LogP contribution in [-0.4, -0.2) is 44.8 Å². The van der Waals surface area contributed by atoms with E-state index in [1.54, 1.807) is 0 Å². The van der Waals surface area contributed by atoms with Gasteiger partial charge in [0.1, 0.15) is 0 Å². The molecule has 0 amide bonds. The number of hydrogen-bond donors (Lipinski definition) is 1. The van der Waals surface area contributed by atoms with E-state index in [9.17, 15) is 0 Å². The third-order valence-electron chi connectivity index (χ3n) is 3.16. The highest BCUT2D eigenvalue weighted by molar-refractivity contribution is 6.32. The molecule has 0 saturated heterocycles. The molecule has 1 unspecified atom stereocenters. The minimum atomic E-state index is 0.416. The van der Waals surface area contributed by atoms with Gasteiger partial charge in [-0.1, -0.05) is 11.6 Å². The van der Waals surface area contributed by atoms with Gasteiger partial charge in [0.15, 0.2) is 11.5 Å². The minimum Gasteiger partial charge on any atom is -0.489 e. The summed E-state index contributed by atoms with van der Waals surface area (Å²) in [6.45, 7) is 5.27. The SMILES string of the molecule is CC(CN(C)C)NCc1cc(Cl)c2c(c1)OCCCO2. The first-order chi connectivity index (χ1) is 9.56. The van der Waals surface area contributed by atoms with Crippen molar-refractivity contribution < 1.29 is 9.47 Å². The van der Waals surface area contributed by atoms with Crippen molar-refractivity contribution >= 4 is 11.6 Å². The molecule has 0 aromatic heterocycles. The summed E-state index contributed by atoms with van der Waals surface area (Å²) in [5.41, 5.74) is 1.12. The van der Waals surface area contributed by atoms with Crippen LogP contribution < -0.4 is 14.8 Å². The van der Waals surface area contributed by atoms with E-state index in [2.05, 4.69) is 31.2 Å². The molecule has 4 nitrogen and oxygen atoms in total. The fourth-order valence-corrected chi connectivity index (χ4v) is 2.58. The Labute approximate surface area is 126 Å². The third-order valence-corrected chi connectivity index (χ3v) is 3.44. The number of nitrogens with one attached hydrogen (secondary N) is 1. The summed E-state index contributed by atoms with van der Waals surface area (Å²) in [6, 6.07) is 4.38. The van der Waals surface area contributed by atoms with Crippen LogP contribution in [-0.2, 0) is 6.54 Å². The number of benzene rings is 1. The molecular formula is C15H23ClN2O2. The van der Waals surface area contributed by atoms with Crippen molar-refractivity contribution in [2.24, 2.45) is 0 Å². The van der Waals surface area contributed by atoms with Crippen molar-refractivity contribution in [1.82, 2.24) is 10.2 Å². The number of halogens is 1. The van der Waals surface area contributed by atoms with Crippen molar-refractivity contribution in [3.05, 3.63) is 22.7 Å². The second-order valence-electron chi connectivity index (χ2n) is 5.50. The molecule has 1 aliphatic heterocycles. The first-order valence-electron chi connectivity index (χ1n) is 7.02. The van der Waals surface area contributed by atoms with Gasteiger partial charge in [-0.25, -0.2) is 0 Å². The summed E-state index contributed by atoms with van der Waals surface area (Å²) in [4.78, 5) is 2.17. The molecule has 0 spiro atoms. The van der Waals surface area contributed by atoms with Gasteiger partial charge in [0.2, 0.25) is 0 Å². The molecule has 1 heterocycles. The fourth-order valence-electron chi connectivity index (χ4n) is 2.29. The van der Waals surface area contributed by atoms with E-state index < -0.39 is 0 Å². The van der Waals surface area contributed by atoms with Gasteiger partial charge < -0.3 is 19.7 Å². The molecule has 1 atom stereocenters. The maximum absolute atomic E-state index is 6.28. The molecule has 2 rings (SSSR count). The Hall–Kier alpha value is -0.970. The van der Waals surface area contributed by atoms with Crippen molar-refractivity contribution in [3.63, 3.8) is 0 Å². The van der Waals surface area contributed by atoms with Gasteiger partial charge >= 0.3 is 0 Å². The first-order valence-corrected chi connectivity index (χ1v) is 7.40. The van der Waals surface area contributed by atoms with Crippen LogP contribution in [0, 0.1) is 0 Å². The number of hydrogen-bond acceptors (Lipinski definition) is 4. The number of fused-ring (bicyclic) bond motifs is 1. The molecule has 20 heavy (non-hydrogen) atoms. The predicted octanol–water partition coefficient (Wildman–Crippen LogP) is 2.54. The maximum Gasteiger partial charge on any atom is 0.179 e. The smallest absolute Gasteiger partial charge is 0.179 e. The van der Waals surface area contributed by atoms with Crippen LogP contribution in [0.25, 0.3) is 0 Å². The zero-order valence-electron chi connectivity index (χ0n) is 12.4. The predicted molar refractivity (Wildman–Crippen MR) is 81.9 cm³/mol. The standard InChI is InChI=1S/C15H23ClN2O2/c1-11(10-18(2)3)17-9-12-7-13(16)15-14(8-12)19-5-4-6-20-15/h7-8,11,17H,4-6,9-10H2,1-3H3. The Morgan fingerprint density at radius 1 is 1.30 bits per heavy atom. The molecule has 1 aromatic rings. The highest BCUT2D eigenvalue weighted by Crippen LogP contribution is 2.37. The lowest BCUT2D eigenvalue weighted by molar-refractivity contribution is 0.297. The Morgan fingerprint density at radius 3 is 2.80 bits per heavy atom. The second kappa shape index (κ2) is 7.16. The van der Waals surface area contributed by atoms with E-state index in [1.165, 1.54) is 0 Å². The zero-order chi connectivity index (χ0) is 14.5. The van der Waals surface area contributed by atoms with Crippen LogP contribution in [0.3, 0.4) is 0 Å². The zero-order valence-corrected chi connectivity index (χ0v) is 13.2. The van der Waals surface area contributed by atoms with E-state index in [4.69, 9.17) is 21.1 Å². The van der Waals surface area contributed by atoms with E-state index in [0.717, 1.165) is 30.8 Å². The van der Waals surface area contributed by atoms with Gasteiger partial charge in [-0.3, -0.25) is 0 Å². The lowest BCUT2D eigenvalue weighted by Gasteiger charge is -2.19. The Bertz CT molecular complexity index is 452. The van der Waals surface area contributed by atoms with Crippen LogP contribution >= 0.6 is 11.6 Å². The summed E-state index contributed by atoms with van der Waals surface area (Å²) in [5.74, 6) is 1.43. The maximum atomic E-state index is 6.28. The average Bonchev–Trinajstić information content (AvgIpc) is 2.61. The molecule has 0 saturated carbocycles. The van der Waals surface area contributed by atoms with Gasteiger partial charge in [-0.2, -0.15) is 0 Å². The summed E-state index contributed by atoms with van der Waals surface area (Å²) in [6.07, 6.45) is 0.887. The average molecular weight is 299 g/mol. The summed E-state index contributed by atoms with van der Waals surface area (Å²) < 4.78 is 11.3. The lowest BCUT2D eigenvalue weighted by Crippen LogP contribution is -2.35. The molecule has 0 fully saturated rings. The van der Waals surface area contributed by atoms with Gasteiger partial charge in [0.05, 0.1) is 18.2 Å². The molecule has 0 radical (unpaired) electrons.